The fourth-order valence-electron chi connectivity index (χ4n) is 1.82. The quantitative estimate of drug-likeness (QED) is 0.714. The van der Waals surface area contributed by atoms with Crippen molar-refractivity contribution in [2.24, 2.45) is 0 Å². The zero-order valence-corrected chi connectivity index (χ0v) is 8.87. The Hall–Kier alpha value is -0.290. The van der Waals surface area contributed by atoms with Crippen LogP contribution in [0.5, 0.6) is 0 Å². The maximum Gasteiger partial charge on any atom is 0.389 e. The predicted molar refractivity (Wildman–Crippen MR) is 53.8 cm³/mol. The first-order valence-electron chi connectivity index (χ1n) is 5.59. The summed E-state index contributed by atoms with van der Waals surface area (Å²) in [7, 11) is 0. The first kappa shape index (κ1) is 12.8. The van der Waals surface area contributed by atoms with Gasteiger partial charge in [0.2, 0.25) is 0 Å². The maximum atomic E-state index is 11.8. The van der Waals surface area contributed by atoms with Crippen molar-refractivity contribution in [2.45, 2.75) is 44.3 Å². The van der Waals surface area contributed by atoms with Crippen molar-refractivity contribution >= 4 is 0 Å². The molecule has 90 valence electrons. The molecule has 0 aromatic carbocycles. The number of hydrogen-bond donors (Lipinski definition) is 2. The molecule has 0 spiro atoms. The summed E-state index contributed by atoms with van der Waals surface area (Å²) in [5.41, 5.74) is 0. The van der Waals surface area contributed by atoms with Gasteiger partial charge >= 0.3 is 6.18 Å². The van der Waals surface area contributed by atoms with Crippen LogP contribution >= 0.6 is 0 Å². The average Bonchev–Trinajstić information content (AvgIpc) is 2.39. The Bertz CT molecular complexity index is 163. The molecule has 0 bridgehead atoms. The van der Waals surface area contributed by atoms with Crippen LogP contribution in [0.25, 0.3) is 0 Å². The summed E-state index contributed by atoms with van der Waals surface area (Å²) in [6, 6.07) is 0.397. The second-order valence-corrected chi connectivity index (χ2v) is 4.05. The zero-order chi connectivity index (χ0) is 11.1. The van der Waals surface area contributed by atoms with Gasteiger partial charge in [-0.15, -0.1) is 0 Å². The van der Waals surface area contributed by atoms with E-state index in [1.54, 1.807) is 0 Å². The number of rotatable bonds is 4. The lowest BCUT2D eigenvalue weighted by Crippen LogP contribution is -2.31. The SMILES string of the molecule is FC(F)(F)CCCNC1CCCNCC1. The molecular weight excluding hydrogens is 205 g/mol. The van der Waals surface area contributed by atoms with Crippen LogP contribution in [0.2, 0.25) is 0 Å². The maximum absolute atomic E-state index is 11.8. The molecule has 1 unspecified atom stereocenters. The van der Waals surface area contributed by atoms with Gasteiger partial charge < -0.3 is 10.6 Å². The third-order valence-electron chi connectivity index (χ3n) is 2.65. The van der Waals surface area contributed by atoms with E-state index in [0.29, 0.717) is 12.6 Å². The van der Waals surface area contributed by atoms with Gasteiger partial charge in [0.15, 0.2) is 0 Å². The van der Waals surface area contributed by atoms with Crippen molar-refractivity contribution in [1.29, 1.82) is 0 Å². The Morgan fingerprint density at radius 3 is 2.73 bits per heavy atom. The molecule has 1 heterocycles. The van der Waals surface area contributed by atoms with Crippen LogP contribution in [-0.4, -0.2) is 31.9 Å². The molecule has 1 rings (SSSR count). The van der Waals surface area contributed by atoms with Gasteiger partial charge in [-0.2, -0.15) is 13.2 Å². The molecule has 1 fully saturated rings. The van der Waals surface area contributed by atoms with Gasteiger partial charge in [0.1, 0.15) is 0 Å². The van der Waals surface area contributed by atoms with Crippen LogP contribution in [0.4, 0.5) is 13.2 Å². The normalized spacial score (nSPS) is 23.8. The van der Waals surface area contributed by atoms with Crippen molar-refractivity contribution in [3.05, 3.63) is 0 Å². The summed E-state index contributed by atoms with van der Waals surface area (Å²) in [6.45, 7) is 2.47. The van der Waals surface area contributed by atoms with Gasteiger partial charge in [-0.1, -0.05) is 0 Å². The van der Waals surface area contributed by atoms with Crippen LogP contribution in [0.1, 0.15) is 32.1 Å². The van der Waals surface area contributed by atoms with E-state index in [9.17, 15) is 13.2 Å². The van der Waals surface area contributed by atoms with E-state index >= 15 is 0 Å². The van der Waals surface area contributed by atoms with Crippen molar-refractivity contribution < 1.29 is 13.2 Å². The monoisotopic (exact) mass is 224 g/mol. The van der Waals surface area contributed by atoms with Gasteiger partial charge in [-0.3, -0.25) is 0 Å². The molecule has 2 N–H and O–H groups in total. The first-order chi connectivity index (χ1) is 7.08. The molecule has 0 aromatic heterocycles. The summed E-state index contributed by atoms with van der Waals surface area (Å²) in [6.07, 6.45) is -1.30. The number of hydrogen-bond acceptors (Lipinski definition) is 2. The molecule has 2 nitrogen and oxygen atoms in total. The molecule has 1 saturated heterocycles. The van der Waals surface area contributed by atoms with E-state index in [4.69, 9.17) is 0 Å². The summed E-state index contributed by atoms with van der Waals surface area (Å²) in [5, 5.41) is 6.47. The van der Waals surface area contributed by atoms with Crippen LogP contribution in [0.15, 0.2) is 0 Å². The van der Waals surface area contributed by atoms with Crippen molar-refractivity contribution in [3.8, 4) is 0 Å². The third-order valence-corrected chi connectivity index (χ3v) is 2.65. The van der Waals surface area contributed by atoms with Gasteiger partial charge in [-0.05, 0) is 45.3 Å². The molecule has 1 aliphatic heterocycles. The lowest BCUT2D eigenvalue weighted by Gasteiger charge is -2.16. The van der Waals surface area contributed by atoms with E-state index in [2.05, 4.69) is 10.6 Å². The third kappa shape index (κ3) is 6.73. The lowest BCUT2D eigenvalue weighted by molar-refractivity contribution is -0.135. The molecule has 0 saturated carbocycles. The largest absolute Gasteiger partial charge is 0.389 e. The standard InChI is InChI=1S/C10H19F3N2/c11-10(12,13)5-2-7-15-9-3-1-6-14-8-4-9/h9,14-15H,1-8H2. The van der Waals surface area contributed by atoms with E-state index < -0.39 is 12.6 Å². The highest BCUT2D eigenvalue weighted by Gasteiger charge is 2.26. The summed E-state index contributed by atoms with van der Waals surface area (Å²) >= 11 is 0. The molecule has 0 radical (unpaired) electrons. The molecule has 1 atom stereocenters. The molecule has 0 amide bonds. The fraction of sp³-hybridized carbons (Fsp3) is 1.00. The lowest BCUT2D eigenvalue weighted by atomic mass is 10.1. The minimum atomic E-state index is -4.01. The van der Waals surface area contributed by atoms with Crippen molar-refractivity contribution in [2.75, 3.05) is 19.6 Å². The Balaban J connectivity index is 2.03. The van der Waals surface area contributed by atoms with E-state index in [1.165, 1.54) is 0 Å². The van der Waals surface area contributed by atoms with Crippen molar-refractivity contribution in [3.63, 3.8) is 0 Å². The van der Waals surface area contributed by atoms with Crippen molar-refractivity contribution in [1.82, 2.24) is 10.6 Å². The molecule has 15 heavy (non-hydrogen) atoms. The molecule has 1 aliphatic rings. The van der Waals surface area contributed by atoms with Gasteiger partial charge in [0, 0.05) is 12.5 Å². The Labute approximate surface area is 88.6 Å². The van der Waals surface area contributed by atoms with Crippen LogP contribution in [0, 0.1) is 0 Å². The van der Waals surface area contributed by atoms with E-state index in [1.807, 2.05) is 0 Å². The van der Waals surface area contributed by atoms with E-state index in [0.717, 1.165) is 32.4 Å². The smallest absolute Gasteiger partial charge is 0.317 e. The molecule has 5 heteroatoms. The number of alkyl halides is 3. The topological polar surface area (TPSA) is 24.1 Å². The second-order valence-electron chi connectivity index (χ2n) is 4.05. The second kappa shape index (κ2) is 6.33. The molecule has 0 aliphatic carbocycles. The van der Waals surface area contributed by atoms with Gasteiger partial charge in [0.25, 0.3) is 0 Å². The Kier molecular flexibility index (Phi) is 5.39. The highest BCUT2D eigenvalue weighted by atomic mass is 19.4. The summed E-state index contributed by atoms with van der Waals surface area (Å²) in [4.78, 5) is 0. The Morgan fingerprint density at radius 2 is 2.00 bits per heavy atom. The fourth-order valence-corrected chi connectivity index (χ4v) is 1.82. The van der Waals surface area contributed by atoms with Gasteiger partial charge in [0.05, 0.1) is 0 Å². The molecule has 0 aromatic rings. The highest BCUT2D eigenvalue weighted by molar-refractivity contribution is 4.72. The predicted octanol–water partition coefficient (Wildman–Crippen LogP) is 2.06. The summed E-state index contributed by atoms with van der Waals surface area (Å²) < 4.78 is 35.5. The first-order valence-corrected chi connectivity index (χ1v) is 5.59. The number of nitrogens with one attached hydrogen (secondary N) is 2. The number of halogens is 3. The van der Waals surface area contributed by atoms with E-state index in [-0.39, 0.29) is 6.42 Å². The van der Waals surface area contributed by atoms with Crippen LogP contribution < -0.4 is 10.6 Å². The van der Waals surface area contributed by atoms with Crippen LogP contribution in [-0.2, 0) is 0 Å². The molecular formula is C10H19F3N2. The van der Waals surface area contributed by atoms with Gasteiger partial charge in [-0.25, -0.2) is 0 Å². The minimum Gasteiger partial charge on any atom is -0.317 e. The Morgan fingerprint density at radius 1 is 1.20 bits per heavy atom. The average molecular weight is 224 g/mol. The zero-order valence-electron chi connectivity index (χ0n) is 8.87. The minimum absolute atomic E-state index is 0.188. The highest BCUT2D eigenvalue weighted by Crippen LogP contribution is 2.20. The van der Waals surface area contributed by atoms with Crippen LogP contribution in [0.3, 0.4) is 0 Å². The summed E-state index contributed by atoms with van der Waals surface area (Å²) in [5.74, 6) is 0.